The third-order valence-electron chi connectivity index (χ3n) is 4.11. The van der Waals surface area contributed by atoms with E-state index in [0.717, 1.165) is 11.0 Å². The molecule has 0 aliphatic rings. The third kappa shape index (κ3) is 3.33. The highest BCUT2D eigenvalue weighted by molar-refractivity contribution is 7.89. The van der Waals surface area contributed by atoms with E-state index in [9.17, 15) is 13.2 Å². The number of para-hydroxylation sites is 2. The van der Waals surface area contributed by atoms with Gasteiger partial charge in [-0.05, 0) is 30.3 Å². The molecular weight excluding hydrogens is 352 g/mol. The summed E-state index contributed by atoms with van der Waals surface area (Å²) in [6, 6.07) is 13.4. The van der Waals surface area contributed by atoms with Crippen molar-refractivity contribution in [2.24, 2.45) is 0 Å². The van der Waals surface area contributed by atoms with Crippen molar-refractivity contribution in [3.05, 3.63) is 60.4 Å². The van der Waals surface area contributed by atoms with Crippen molar-refractivity contribution in [3.63, 3.8) is 0 Å². The van der Waals surface area contributed by atoms with Crippen molar-refractivity contribution in [2.75, 3.05) is 18.5 Å². The highest BCUT2D eigenvalue weighted by atomic mass is 32.2. The Morgan fingerprint density at radius 1 is 1.12 bits per heavy atom. The van der Waals surface area contributed by atoms with Crippen molar-refractivity contribution >= 4 is 27.0 Å². The number of fused-ring (bicyclic) bond motifs is 1. The second-order valence-corrected chi connectivity index (χ2v) is 7.60. The molecule has 3 rings (SSSR count). The number of rotatable bonds is 6. The number of nitrogens with zero attached hydrogens (tertiary/aromatic N) is 3. The molecule has 0 bridgehead atoms. The molecule has 1 N–H and O–H groups in total. The summed E-state index contributed by atoms with van der Waals surface area (Å²) >= 11 is 0. The Labute approximate surface area is 152 Å². The van der Waals surface area contributed by atoms with Crippen LogP contribution in [0.5, 0.6) is 0 Å². The van der Waals surface area contributed by atoms with Gasteiger partial charge in [-0.25, -0.2) is 18.1 Å². The minimum Gasteiger partial charge on any atom is -0.267 e. The first-order chi connectivity index (χ1) is 12.5. The van der Waals surface area contributed by atoms with Crippen LogP contribution < -0.4 is 5.43 Å². The summed E-state index contributed by atoms with van der Waals surface area (Å²) < 4.78 is 28.2. The first-order valence-corrected chi connectivity index (χ1v) is 9.75. The quantitative estimate of drug-likeness (QED) is 0.720. The molecule has 0 saturated carbocycles. The minimum atomic E-state index is -3.62. The van der Waals surface area contributed by atoms with E-state index in [1.165, 1.54) is 27.4 Å². The van der Waals surface area contributed by atoms with E-state index < -0.39 is 15.9 Å². The van der Waals surface area contributed by atoms with E-state index in [2.05, 4.69) is 10.4 Å². The molecule has 1 aromatic heterocycles. The van der Waals surface area contributed by atoms with Gasteiger partial charge in [-0.2, -0.15) is 4.31 Å². The Kier molecular flexibility index (Phi) is 5.06. The largest absolute Gasteiger partial charge is 0.270 e. The van der Waals surface area contributed by atoms with Gasteiger partial charge >= 0.3 is 0 Å². The van der Waals surface area contributed by atoms with Gasteiger partial charge in [0.25, 0.3) is 5.91 Å². The normalized spacial score (nSPS) is 11.8. The number of imidazole rings is 1. The van der Waals surface area contributed by atoms with E-state index in [-0.39, 0.29) is 10.5 Å². The van der Waals surface area contributed by atoms with E-state index in [0.29, 0.717) is 13.1 Å². The molecule has 26 heavy (non-hydrogen) atoms. The topological polar surface area (TPSA) is 84.3 Å². The van der Waals surface area contributed by atoms with Crippen LogP contribution in [-0.2, 0) is 10.0 Å². The monoisotopic (exact) mass is 372 g/mol. The standard InChI is InChI=1S/C18H20N4O3S/c1-3-21(4-2)26(24,25)15-9-7-8-14(12-15)18(23)20-22-13-19-16-10-5-6-11-17(16)22/h5-13H,3-4H2,1-2H3,(H,20,23). The summed E-state index contributed by atoms with van der Waals surface area (Å²) in [6.45, 7) is 4.30. The molecule has 8 heteroatoms. The molecule has 7 nitrogen and oxygen atoms in total. The number of aromatic nitrogens is 2. The summed E-state index contributed by atoms with van der Waals surface area (Å²) in [7, 11) is -3.62. The number of amides is 1. The maximum absolute atomic E-state index is 12.6. The van der Waals surface area contributed by atoms with Gasteiger partial charge in [-0.15, -0.1) is 0 Å². The van der Waals surface area contributed by atoms with Gasteiger partial charge in [-0.3, -0.25) is 10.2 Å². The fourth-order valence-corrected chi connectivity index (χ4v) is 4.24. The molecule has 0 saturated heterocycles. The van der Waals surface area contributed by atoms with E-state index in [1.54, 1.807) is 26.0 Å². The molecule has 0 atom stereocenters. The highest BCUT2D eigenvalue weighted by Crippen LogP contribution is 2.17. The zero-order chi connectivity index (χ0) is 18.7. The number of hydrogen-bond acceptors (Lipinski definition) is 4. The fourth-order valence-electron chi connectivity index (χ4n) is 2.73. The number of sulfonamides is 1. The Hall–Kier alpha value is -2.71. The fraction of sp³-hybridized carbons (Fsp3) is 0.222. The highest BCUT2D eigenvalue weighted by Gasteiger charge is 2.22. The van der Waals surface area contributed by atoms with Crippen molar-refractivity contribution in [1.82, 2.24) is 14.0 Å². The Morgan fingerprint density at radius 3 is 2.58 bits per heavy atom. The molecular formula is C18H20N4O3S. The second kappa shape index (κ2) is 7.27. The molecule has 3 aromatic rings. The van der Waals surface area contributed by atoms with Crippen LogP contribution in [0.25, 0.3) is 11.0 Å². The van der Waals surface area contributed by atoms with Crippen LogP contribution in [0.1, 0.15) is 24.2 Å². The van der Waals surface area contributed by atoms with Gasteiger partial charge in [0, 0.05) is 18.7 Å². The summed E-state index contributed by atoms with van der Waals surface area (Å²) in [5, 5.41) is 0. The number of carbonyl (C=O) groups is 1. The number of carbonyl (C=O) groups excluding carboxylic acids is 1. The molecule has 0 unspecified atom stereocenters. The zero-order valence-corrected chi connectivity index (χ0v) is 15.4. The molecule has 136 valence electrons. The predicted octanol–water partition coefficient (Wildman–Crippen LogP) is 2.45. The van der Waals surface area contributed by atoms with Gasteiger partial charge in [0.1, 0.15) is 6.33 Å². The second-order valence-electron chi connectivity index (χ2n) is 5.66. The summed E-state index contributed by atoms with van der Waals surface area (Å²) in [5.41, 5.74) is 4.50. The van der Waals surface area contributed by atoms with Crippen molar-refractivity contribution in [3.8, 4) is 0 Å². The average Bonchev–Trinajstić information content (AvgIpc) is 3.05. The van der Waals surface area contributed by atoms with Gasteiger partial charge in [0.05, 0.1) is 15.9 Å². The van der Waals surface area contributed by atoms with E-state index >= 15 is 0 Å². The number of nitrogens with one attached hydrogen (secondary N) is 1. The van der Waals surface area contributed by atoms with Crippen LogP contribution in [0.15, 0.2) is 59.8 Å². The number of benzene rings is 2. The number of hydrogen-bond donors (Lipinski definition) is 1. The van der Waals surface area contributed by atoms with Crippen LogP contribution in [-0.4, -0.2) is 41.4 Å². The van der Waals surface area contributed by atoms with Crippen LogP contribution in [0, 0.1) is 0 Å². The third-order valence-corrected chi connectivity index (χ3v) is 6.16. The average molecular weight is 372 g/mol. The molecule has 0 aliphatic carbocycles. The summed E-state index contributed by atoms with van der Waals surface area (Å²) in [4.78, 5) is 16.9. The summed E-state index contributed by atoms with van der Waals surface area (Å²) in [6.07, 6.45) is 1.51. The summed E-state index contributed by atoms with van der Waals surface area (Å²) in [5.74, 6) is -0.412. The van der Waals surface area contributed by atoms with Crippen LogP contribution in [0.2, 0.25) is 0 Å². The molecule has 1 heterocycles. The van der Waals surface area contributed by atoms with Crippen molar-refractivity contribution in [2.45, 2.75) is 18.7 Å². The first kappa shape index (κ1) is 18.1. The SMILES string of the molecule is CCN(CC)S(=O)(=O)c1cccc(C(=O)Nn2cnc3ccccc32)c1. The molecule has 0 spiro atoms. The maximum atomic E-state index is 12.6. The Bertz CT molecular complexity index is 1040. The van der Waals surface area contributed by atoms with Crippen LogP contribution in [0.3, 0.4) is 0 Å². The lowest BCUT2D eigenvalue weighted by atomic mass is 10.2. The lowest BCUT2D eigenvalue weighted by molar-refractivity contribution is 0.101. The predicted molar refractivity (Wildman–Crippen MR) is 100.0 cm³/mol. The Morgan fingerprint density at radius 2 is 1.85 bits per heavy atom. The first-order valence-electron chi connectivity index (χ1n) is 8.31. The molecule has 2 aromatic carbocycles. The molecule has 1 amide bonds. The van der Waals surface area contributed by atoms with Gasteiger partial charge in [-0.1, -0.05) is 32.0 Å². The molecule has 0 aliphatic heterocycles. The maximum Gasteiger partial charge on any atom is 0.270 e. The van der Waals surface area contributed by atoms with Crippen molar-refractivity contribution < 1.29 is 13.2 Å². The molecule has 0 fully saturated rings. The smallest absolute Gasteiger partial charge is 0.267 e. The zero-order valence-electron chi connectivity index (χ0n) is 14.6. The van der Waals surface area contributed by atoms with Gasteiger partial charge < -0.3 is 0 Å². The minimum absolute atomic E-state index is 0.101. The lowest BCUT2D eigenvalue weighted by Crippen LogP contribution is -2.31. The van der Waals surface area contributed by atoms with Crippen molar-refractivity contribution in [1.29, 1.82) is 0 Å². The lowest BCUT2D eigenvalue weighted by Gasteiger charge is -2.18. The van der Waals surface area contributed by atoms with E-state index in [4.69, 9.17) is 0 Å². The molecule has 0 radical (unpaired) electrons. The Balaban J connectivity index is 1.89. The van der Waals surface area contributed by atoms with Gasteiger partial charge in [0.15, 0.2) is 0 Å². The van der Waals surface area contributed by atoms with Crippen LogP contribution in [0.4, 0.5) is 0 Å². The van der Waals surface area contributed by atoms with E-state index in [1.807, 2.05) is 24.3 Å². The van der Waals surface area contributed by atoms with Gasteiger partial charge in [0.2, 0.25) is 10.0 Å². The van der Waals surface area contributed by atoms with Crippen LogP contribution >= 0.6 is 0 Å².